The molecule has 2 aromatic heterocycles. The standard InChI is InChI=1S/C28H29N9O4/c1-19(17-37-18-32-34-35-37)41-26-13-20(4-5-22(26)14-29)23-15-30-28(31-16-23)33-24-12-21(6-7-25(24)39-2)27(38)36-8-3-10-40-11-9-36/h4-7,12-13,15-16,18-19H,3,8-11,17H2,1-2H3,(H,30,31,33)/t19-/m0/s1. The van der Waals surface area contributed by atoms with E-state index in [1.54, 1.807) is 59.4 Å². The third kappa shape index (κ3) is 6.74. The molecule has 210 valence electrons. The number of benzene rings is 2. The highest BCUT2D eigenvalue weighted by Gasteiger charge is 2.19. The number of hydrogen-bond donors (Lipinski definition) is 1. The number of ether oxygens (including phenoxy) is 3. The quantitative estimate of drug-likeness (QED) is 0.324. The summed E-state index contributed by atoms with van der Waals surface area (Å²) in [7, 11) is 1.56. The molecule has 0 unspecified atom stereocenters. The van der Waals surface area contributed by atoms with Gasteiger partial charge >= 0.3 is 0 Å². The number of carbonyl (C=O) groups is 1. The van der Waals surface area contributed by atoms with Crippen molar-refractivity contribution in [3.05, 3.63) is 66.2 Å². The van der Waals surface area contributed by atoms with E-state index >= 15 is 0 Å². The van der Waals surface area contributed by atoms with Gasteiger partial charge in [0.05, 0.1) is 31.5 Å². The summed E-state index contributed by atoms with van der Waals surface area (Å²) in [6.07, 6.45) is 5.37. The van der Waals surface area contributed by atoms with E-state index in [0.717, 1.165) is 17.5 Å². The lowest BCUT2D eigenvalue weighted by Gasteiger charge is -2.20. The van der Waals surface area contributed by atoms with E-state index < -0.39 is 0 Å². The minimum Gasteiger partial charge on any atom is -0.495 e. The van der Waals surface area contributed by atoms with Crippen LogP contribution in [0.2, 0.25) is 0 Å². The predicted octanol–water partition coefficient (Wildman–Crippen LogP) is 3.08. The fourth-order valence-corrected chi connectivity index (χ4v) is 4.41. The van der Waals surface area contributed by atoms with Crippen molar-refractivity contribution in [2.45, 2.75) is 26.0 Å². The normalized spacial score (nSPS) is 14.0. The zero-order valence-electron chi connectivity index (χ0n) is 22.7. The molecular weight excluding hydrogens is 526 g/mol. The number of anilines is 2. The van der Waals surface area contributed by atoms with Gasteiger partial charge in [-0.25, -0.2) is 14.6 Å². The van der Waals surface area contributed by atoms with Crippen LogP contribution in [0.5, 0.6) is 11.5 Å². The van der Waals surface area contributed by atoms with Crippen molar-refractivity contribution in [2.75, 3.05) is 38.7 Å². The first-order chi connectivity index (χ1) is 20.0. The number of carbonyl (C=O) groups excluding carboxylic acids is 1. The molecule has 0 radical (unpaired) electrons. The van der Waals surface area contributed by atoms with E-state index in [0.29, 0.717) is 67.1 Å². The van der Waals surface area contributed by atoms with Gasteiger partial charge in [-0.15, -0.1) is 5.10 Å². The molecule has 1 aliphatic heterocycles. The molecule has 13 nitrogen and oxygen atoms in total. The summed E-state index contributed by atoms with van der Waals surface area (Å²) >= 11 is 0. The van der Waals surface area contributed by atoms with Crippen LogP contribution in [-0.2, 0) is 11.3 Å². The number of nitriles is 1. The zero-order valence-corrected chi connectivity index (χ0v) is 22.7. The first-order valence-electron chi connectivity index (χ1n) is 13.1. The van der Waals surface area contributed by atoms with Gasteiger partial charge in [-0.2, -0.15) is 5.26 Å². The molecule has 1 fully saturated rings. The average Bonchev–Trinajstić information content (AvgIpc) is 3.35. The maximum absolute atomic E-state index is 13.1. The SMILES string of the molecule is COc1ccc(C(=O)N2CCCOCC2)cc1Nc1ncc(-c2ccc(C#N)c(O[C@@H](C)Cn3cnnn3)c2)cn1. The maximum Gasteiger partial charge on any atom is 0.254 e. The number of methoxy groups -OCH3 is 1. The molecule has 4 aromatic rings. The van der Waals surface area contributed by atoms with Gasteiger partial charge in [-0.05, 0) is 59.7 Å². The third-order valence-electron chi connectivity index (χ3n) is 6.45. The van der Waals surface area contributed by atoms with Crippen LogP contribution in [0.4, 0.5) is 11.6 Å². The lowest BCUT2D eigenvalue weighted by Crippen LogP contribution is -2.33. The Labute approximate surface area is 236 Å². The van der Waals surface area contributed by atoms with Gasteiger partial charge < -0.3 is 24.4 Å². The number of tetrazole rings is 1. The van der Waals surface area contributed by atoms with Crippen LogP contribution in [0, 0.1) is 11.3 Å². The highest BCUT2D eigenvalue weighted by Crippen LogP contribution is 2.30. The Morgan fingerprint density at radius 2 is 1.98 bits per heavy atom. The van der Waals surface area contributed by atoms with Crippen LogP contribution < -0.4 is 14.8 Å². The van der Waals surface area contributed by atoms with Crippen LogP contribution in [0.3, 0.4) is 0 Å². The smallest absolute Gasteiger partial charge is 0.254 e. The fourth-order valence-electron chi connectivity index (χ4n) is 4.41. The molecule has 5 rings (SSSR count). The Balaban J connectivity index is 1.31. The van der Waals surface area contributed by atoms with Crippen molar-refractivity contribution in [3.8, 4) is 28.7 Å². The summed E-state index contributed by atoms with van der Waals surface area (Å²) in [6.45, 7) is 4.69. The highest BCUT2D eigenvalue weighted by atomic mass is 16.5. The van der Waals surface area contributed by atoms with Crippen molar-refractivity contribution < 1.29 is 19.0 Å². The van der Waals surface area contributed by atoms with Crippen molar-refractivity contribution >= 4 is 17.5 Å². The molecule has 0 bridgehead atoms. The van der Waals surface area contributed by atoms with Gasteiger partial charge in [0, 0.05) is 43.2 Å². The lowest BCUT2D eigenvalue weighted by molar-refractivity contribution is 0.0741. The number of rotatable bonds is 9. The summed E-state index contributed by atoms with van der Waals surface area (Å²) < 4.78 is 18.6. The number of nitrogens with zero attached hydrogens (tertiary/aromatic N) is 8. The van der Waals surface area contributed by atoms with Gasteiger partial charge in [0.1, 0.15) is 30.0 Å². The van der Waals surface area contributed by atoms with Gasteiger partial charge in [0.2, 0.25) is 5.95 Å². The van der Waals surface area contributed by atoms with Gasteiger partial charge in [-0.3, -0.25) is 4.79 Å². The molecule has 1 aliphatic rings. The molecule has 1 atom stereocenters. The molecule has 0 spiro atoms. The van der Waals surface area contributed by atoms with E-state index in [1.165, 1.54) is 6.33 Å². The number of amides is 1. The summed E-state index contributed by atoms with van der Waals surface area (Å²) in [4.78, 5) is 23.8. The third-order valence-corrected chi connectivity index (χ3v) is 6.45. The lowest BCUT2D eigenvalue weighted by atomic mass is 10.1. The van der Waals surface area contributed by atoms with E-state index in [4.69, 9.17) is 14.2 Å². The second-order valence-corrected chi connectivity index (χ2v) is 9.38. The van der Waals surface area contributed by atoms with Crippen molar-refractivity contribution in [1.82, 2.24) is 35.1 Å². The van der Waals surface area contributed by atoms with E-state index in [-0.39, 0.29) is 12.0 Å². The van der Waals surface area contributed by atoms with Crippen LogP contribution in [0.25, 0.3) is 11.1 Å². The van der Waals surface area contributed by atoms with Crippen molar-refractivity contribution in [1.29, 1.82) is 5.26 Å². The van der Waals surface area contributed by atoms with Gasteiger partial charge in [-0.1, -0.05) is 6.07 Å². The van der Waals surface area contributed by atoms with E-state index in [1.807, 2.05) is 13.0 Å². The molecule has 41 heavy (non-hydrogen) atoms. The monoisotopic (exact) mass is 555 g/mol. The van der Waals surface area contributed by atoms with Crippen LogP contribution in [-0.4, -0.2) is 80.5 Å². The molecule has 1 amide bonds. The number of aromatic nitrogens is 6. The first-order valence-corrected chi connectivity index (χ1v) is 13.1. The highest BCUT2D eigenvalue weighted by molar-refractivity contribution is 5.96. The summed E-state index contributed by atoms with van der Waals surface area (Å²) in [5.74, 6) is 1.26. The molecule has 1 N–H and O–H groups in total. The molecule has 0 aliphatic carbocycles. The summed E-state index contributed by atoms with van der Waals surface area (Å²) in [5, 5.41) is 23.8. The number of hydrogen-bond acceptors (Lipinski definition) is 11. The second-order valence-electron chi connectivity index (χ2n) is 9.38. The summed E-state index contributed by atoms with van der Waals surface area (Å²) in [6, 6.07) is 12.7. The Hall–Kier alpha value is -5.09. The average molecular weight is 556 g/mol. The molecule has 13 heteroatoms. The fraction of sp³-hybridized carbons (Fsp3) is 0.321. The minimum atomic E-state index is -0.283. The molecule has 2 aromatic carbocycles. The molecule has 3 heterocycles. The molecule has 0 saturated carbocycles. The van der Waals surface area contributed by atoms with Gasteiger partial charge in [0.25, 0.3) is 5.91 Å². The second kappa shape index (κ2) is 12.8. The van der Waals surface area contributed by atoms with Crippen molar-refractivity contribution in [2.24, 2.45) is 0 Å². The Bertz CT molecular complexity index is 1510. The Kier molecular flexibility index (Phi) is 8.61. The van der Waals surface area contributed by atoms with E-state index in [2.05, 4.69) is 36.9 Å². The first kappa shape index (κ1) is 27.5. The molecule has 1 saturated heterocycles. The van der Waals surface area contributed by atoms with Crippen LogP contribution in [0.1, 0.15) is 29.3 Å². The number of nitrogens with one attached hydrogen (secondary N) is 1. The largest absolute Gasteiger partial charge is 0.495 e. The van der Waals surface area contributed by atoms with Gasteiger partial charge in [0.15, 0.2) is 0 Å². The summed E-state index contributed by atoms with van der Waals surface area (Å²) in [5.41, 5.74) is 3.03. The predicted molar refractivity (Wildman–Crippen MR) is 148 cm³/mol. The topological polar surface area (TPSA) is 153 Å². The van der Waals surface area contributed by atoms with E-state index in [9.17, 15) is 10.1 Å². The Morgan fingerprint density at radius 1 is 1.12 bits per heavy atom. The Morgan fingerprint density at radius 3 is 2.73 bits per heavy atom. The van der Waals surface area contributed by atoms with Crippen LogP contribution in [0.15, 0.2) is 55.1 Å². The zero-order chi connectivity index (χ0) is 28.6. The maximum atomic E-state index is 13.1. The van der Waals surface area contributed by atoms with Crippen LogP contribution >= 0.6 is 0 Å². The minimum absolute atomic E-state index is 0.0661. The molecular formula is C28H29N9O4. The van der Waals surface area contributed by atoms with Crippen molar-refractivity contribution in [3.63, 3.8) is 0 Å².